The van der Waals surface area contributed by atoms with Crippen LogP contribution in [0.15, 0.2) is 48.5 Å². The number of esters is 1. The first-order valence-corrected chi connectivity index (χ1v) is 11.6. The van der Waals surface area contributed by atoms with Crippen molar-refractivity contribution >= 4 is 35.1 Å². The van der Waals surface area contributed by atoms with Crippen LogP contribution in [0.1, 0.15) is 13.3 Å². The van der Waals surface area contributed by atoms with E-state index in [1.165, 1.54) is 0 Å². The number of rotatable bonds is 12. The number of hydrogen-bond acceptors (Lipinski definition) is 6. The molecule has 2 aromatic rings. The van der Waals surface area contributed by atoms with Gasteiger partial charge in [-0.1, -0.05) is 23.2 Å². The molecule has 1 amide bonds. The van der Waals surface area contributed by atoms with Gasteiger partial charge >= 0.3 is 5.97 Å². The van der Waals surface area contributed by atoms with E-state index in [1.54, 1.807) is 55.5 Å². The van der Waals surface area contributed by atoms with Crippen LogP contribution in [0, 0.1) is 5.92 Å². The second-order valence-electron chi connectivity index (χ2n) is 7.73. The topological polar surface area (TPSA) is 77.1 Å². The third-order valence-corrected chi connectivity index (χ3v) is 5.73. The molecule has 1 aliphatic rings. The third-order valence-electron chi connectivity index (χ3n) is 5.23. The van der Waals surface area contributed by atoms with Gasteiger partial charge in [0.1, 0.15) is 17.5 Å². The van der Waals surface area contributed by atoms with Crippen LogP contribution in [0.2, 0.25) is 10.0 Å². The van der Waals surface area contributed by atoms with Crippen LogP contribution in [0.3, 0.4) is 0 Å². The van der Waals surface area contributed by atoms with Crippen LogP contribution in [0.25, 0.3) is 0 Å². The molecule has 0 aliphatic carbocycles. The Labute approximate surface area is 203 Å². The highest BCUT2D eigenvalue weighted by atomic mass is 35.5. The summed E-state index contributed by atoms with van der Waals surface area (Å²) in [5, 5.41) is 4.13. The molecular formula is C24H28Cl2N2O5. The lowest BCUT2D eigenvalue weighted by Gasteiger charge is -2.43. The molecule has 0 radical (unpaired) electrons. The van der Waals surface area contributed by atoms with Gasteiger partial charge in [0.2, 0.25) is 0 Å². The Morgan fingerprint density at radius 1 is 1.00 bits per heavy atom. The highest BCUT2D eigenvalue weighted by molar-refractivity contribution is 6.30. The van der Waals surface area contributed by atoms with E-state index >= 15 is 0 Å². The lowest BCUT2D eigenvalue weighted by atomic mass is 9.96. The summed E-state index contributed by atoms with van der Waals surface area (Å²) in [7, 11) is 0. The molecule has 33 heavy (non-hydrogen) atoms. The third kappa shape index (κ3) is 8.11. The minimum atomic E-state index is -0.377. The Balaban J connectivity index is 1.38. The van der Waals surface area contributed by atoms with E-state index in [0.29, 0.717) is 60.8 Å². The molecule has 1 aliphatic heterocycles. The fourth-order valence-corrected chi connectivity index (χ4v) is 3.74. The number of amides is 1. The van der Waals surface area contributed by atoms with Crippen molar-refractivity contribution in [2.45, 2.75) is 19.4 Å². The minimum absolute atomic E-state index is 0.0639. The lowest BCUT2D eigenvalue weighted by Crippen LogP contribution is -2.58. The summed E-state index contributed by atoms with van der Waals surface area (Å²) in [4.78, 5) is 26.6. The first-order chi connectivity index (χ1) is 15.9. The molecule has 0 saturated carbocycles. The average molecular weight is 495 g/mol. The van der Waals surface area contributed by atoms with Crippen LogP contribution >= 0.6 is 23.2 Å². The molecular weight excluding hydrogens is 467 g/mol. The van der Waals surface area contributed by atoms with Crippen molar-refractivity contribution in [2.24, 2.45) is 5.92 Å². The smallest absolute Gasteiger partial charge is 0.323 e. The van der Waals surface area contributed by atoms with E-state index < -0.39 is 0 Å². The molecule has 0 spiro atoms. The zero-order valence-electron chi connectivity index (χ0n) is 18.5. The SMILES string of the molecule is CCOC(=O)C(CCOc1ccc(Cl)cc1)N1CC(CNC(=O)COc2ccc(Cl)cc2)C1. The van der Waals surface area contributed by atoms with Gasteiger partial charge in [0.05, 0.1) is 13.2 Å². The number of ether oxygens (including phenoxy) is 3. The van der Waals surface area contributed by atoms with Crippen LogP contribution < -0.4 is 14.8 Å². The molecule has 7 nitrogen and oxygen atoms in total. The molecule has 1 atom stereocenters. The van der Waals surface area contributed by atoms with Crippen LogP contribution in [0.5, 0.6) is 11.5 Å². The van der Waals surface area contributed by atoms with Gasteiger partial charge in [0.15, 0.2) is 6.61 Å². The van der Waals surface area contributed by atoms with E-state index in [-0.39, 0.29) is 30.4 Å². The summed E-state index contributed by atoms with van der Waals surface area (Å²) in [6.45, 7) is 4.35. The number of nitrogens with one attached hydrogen (secondary N) is 1. The van der Waals surface area contributed by atoms with E-state index in [2.05, 4.69) is 10.2 Å². The highest BCUT2D eigenvalue weighted by Crippen LogP contribution is 2.22. The highest BCUT2D eigenvalue weighted by Gasteiger charge is 2.36. The monoisotopic (exact) mass is 494 g/mol. The Hall–Kier alpha value is -2.48. The van der Waals surface area contributed by atoms with E-state index in [0.717, 1.165) is 0 Å². The molecule has 0 bridgehead atoms. The number of hydrogen-bond donors (Lipinski definition) is 1. The zero-order valence-corrected chi connectivity index (χ0v) is 20.0. The Morgan fingerprint density at radius 3 is 2.15 bits per heavy atom. The van der Waals surface area contributed by atoms with Crippen molar-refractivity contribution in [3.63, 3.8) is 0 Å². The van der Waals surface area contributed by atoms with Gasteiger partial charge < -0.3 is 19.5 Å². The summed E-state index contributed by atoms with van der Waals surface area (Å²) in [6, 6.07) is 13.6. The quantitative estimate of drug-likeness (QED) is 0.452. The van der Waals surface area contributed by atoms with Crippen LogP contribution in [0.4, 0.5) is 0 Å². The standard InChI is InChI=1S/C24H28Cl2N2O5/c1-2-31-24(30)22(11-12-32-20-7-3-18(25)4-8-20)28-14-17(15-28)13-27-23(29)16-33-21-9-5-19(26)6-10-21/h3-10,17,22H,2,11-16H2,1H3,(H,27,29). The van der Waals surface area contributed by atoms with Crippen molar-refractivity contribution in [3.05, 3.63) is 58.6 Å². The molecule has 3 rings (SSSR count). The molecule has 1 heterocycles. The molecule has 1 unspecified atom stereocenters. The normalized spacial score (nSPS) is 14.8. The predicted molar refractivity (Wildman–Crippen MR) is 127 cm³/mol. The molecule has 1 saturated heterocycles. The van der Waals surface area contributed by atoms with Gasteiger partial charge in [-0.2, -0.15) is 0 Å². The Bertz CT molecular complexity index is 902. The largest absolute Gasteiger partial charge is 0.494 e. The summed E-state index contributed by atoms with van der Waals surface area (Å²) >= 11 is 11.7. The fraction of sp³-hybridized carbons (Fsp3) is 0.417. The lowest BCUT2D eigenvalue weighted by molar-refractivity contribution is -0.153. The second-order valence-corrected chi connectivity index (χ2v) is 8.60. The van der Waals surface area contributed by atoms with Gasteiger partial charge in [-0.05, 0) is 55.5 Å². The van der Waals surface area contributed by atoms with E-state index in [9.17, 15) is 9.59 Å². The molecule has 178 valence electrons. The van der Waals surface area contributed by atoms with Gasteiger partial charge in [0.25, 0.3) is 5.91 Å². The number of carbonyl (C=O) groups excluding carboxylic acids is 2. The van der Waals surface area contributed by atoms with Gasteiger partial charge in [0, 0.05) is 42.0 Å². The van der Waals surface area contributed by atoms with E-state index in [4.69, 9.17) is 37.4 Å². The van der Waals surface area contributed by atoms with Crippen molar-refractivity contribution in [1.82, 2.24) is 10.2 Å². The average Bonchev–Trinajstić information content (AvgIpc) is 2.77. The summed E-state index contributed by atoms with van der Waals surface area (Å²) in [5.74, 6) is 1.10. The Kier molecular flexibility index (Phi) is 9.66. The maximum atomic E-state index is 12.4. The number of carbonyl (C=O) groups is 2. The van der Waals surface area contributed by atoms with Gasteiger partial charge in [-0.25, -0.2) is 0 Å². The van der Waals surface area contributed by atoms with Crippen LogP contribution in [-0.2, 0) is 14.3 Å². The van der Waals surface area contributed by atoms with Crippen molar-refractivity contribution in [3.8, 4) is 11.5 Å². The number of nitrogens with zero attached hydrogens (tertiary/aromatic N) is 1. The first-order valence-electron chi connectivity index (χ1n) is 10.9. The van der Waals surface area contributed by atoms with Gasteiger partial charge in [-0.15, -0.1) is 0 Å². The molecule has 1 N–H and O–H groups in total. The molecule has 2 aromatic carbocycles. The predicted octanol–water partition coefficient (Wildman–Crippen LogP) is 3.82. The maximum Gasteiger partial charge on any atom is 0.323 e. The summed E-state index contributed by atoms with van der Waals surface area (Å²) in [6.07, 6.45) is 0.509. The molecule has 1 fully saturated rings. The second kappa shape index (κ2) is 12.7. The summed E-state index contributed by atoms with van der Waals surface area (Å²) in [5.41, 5.74) is 0. The van der Waals surface area contributed by atoms with Gasteiger partial charge in [-0.3, -0.25) is 14.5 Å². The van der Waals surface area contributed by atoms with Crippen molar-refractivity contribution < 1.29 is 23.8 Å². The fourth-order valence-electron chi connectivity index (χ4n) is 3.49. The minimum Gasteiger partial charge on any atom is -0.494 e. The van der Waals surface area contributed by atoms with Crippen molar-refractivity contribution in [1.29, 1.82) is 0 Å². The van der Waals surface area contributed by atoms with Crippen LogP contribution in [-0.4, -0.2) is 62.3 Å². The Morgan fingerprint density at radius 2 is 1.58 bits per heavy atom. The van der Waals surface area contributed by atoms with E-state index in [1.807, 2.05) is 0 Å². The molecule has 9 heteroatoms. The zero-order chi connectivity index (χ0) is 23.6. The summed E-state index contributed by atoms with van der Waals surface area (Å²) < 4.78 is 16.4. The number of likely N-dealkylation sites (tertiary alicyclic amines) is 1. The first kappa shape index (κ1) is 25.1. The van der Waals surface area contributed by atoms with Crippen molar-refractivity contribution in [2.75, 3.05) is 39.5 Å². The maximum absolute atomic E-state index is 12.4. The molecule has 0 aromatic heterocycles. The number of halogens is 2. The number of benzene rings is 2.